The van der Waals surface area contributed by atoms with Gasteiger partial charge in [0.1, 0.15) is 0 Å². The molecule has 5 aliphatic rings. The van der Waals surface area contributed by atoms with Crippen molar-refractivity contribution < 1.29 is 0 Å². The second-order valence-corrected chi connectivity index (χ2v) is 24.9. The third kappa shape index (κ3) is 5.39. The van der Waals surface area contributed by atoms with Crippen LogP contribution in [0.1, 0.15) is 25.0 Å². The molecular weight excluding hydrogens is 945 g/mol. The van der Waals surface area contributed by atoms with E-state index in [0.29, 0.717) is 0 Å². The molecular formula is C65H39B2NS4. The lowest BCUT2D eigenvalue weighted by Crippen LogP contribution is -2.58. The fourth-order valence-corrected chi connectivity index (χ4v) is 18.8. The van der Waals surface area contributed by atoms with Crippen LogP contribution in [0.3, 0.4) is 0 Å². The number of aromatic nitrogens is 1. The molecule has 1 aliphatic carbocycles. The summed E-state index contributed by atoms with van der Waals surface area (Å²) < 4.78 is 2.58. The number of nitrogens with zero attached hydrogens (tertiary/aromatic N) is 1. The topological polar surface area (TPSA) is 4.93 Å². The first-order chi connectivity index (χ1) is 35.5. The van der Waals surface area contributed by atoms with Crippen LogP contribution in [-0.4, -0.2) is 18.0 Å². The SMILES string of the molecule is CC1(C)c2c(ccc3c2Sc2cccc4c2B3c2ccccc2S4)-c2cc(-c3ccc(-n4c5cc6ccccc6cc5c5ccc6c(c54)Sc4cccc5c4B6c4ccccc4S5)cc3)c3ccccc3c21. The predicted molar refractivity (Wildman–Crippen MR) is 310 cm³/mol. The second-order valence-electron chi connectivity index (χ2n) is 20.6. The van der Waals surface area contributed by atoms with Crippen LogP contribution in [0.2, 0.25) is 0 Å². The van der Waals surface area contributed by atoms with E-state index in [9.17, 15) is 0 Å². The van der Waals surface area contributed by atoms with Gasteiger partial charge in [0.15, 0.2) is 0 Å². The van der Waals surface area contributed by atoms with Crippen LogP contribution in [0.25, 0.3) is 71.3 Å². The summed E-state index contributed by atoms with van der Waals surface area (Å²) in [5.41, 5.74) is 20.3. The van der Waals surface area contributed by atoms with Crippen molar-refractivity contribution in [3.05, 3.63) is 211 Å². The van der Waals surface area contributed by atoms with Crippen LogP contribution < -0.4 is 32.8 Å². The van der Waals surface area contributed by atoms with Gasteiger partial charge in [-0.3, -0.25) is 0 Å². The Morgan fingerprint density at radius 1 is 0.375 bits per heavy atom. The summed E-state index contributed by atoms with van der Waals surface area (Å²) >= 11 is 7.81. The molecule has 0 amide bonds. The molecule has 7 heteroatoms. The molecule has 0 unspecified atom stereocenters. The normalized spacial score (nSPS) is 14.9. The highest BCUT2D eigenvalue weighted by atomic mass is 32.2. The van der Waals surface area contributed by atoms with Crippen molar-refractivity contribution in [2.75, 3.05) is 0 Å². The minimum absolute atomic E-state index is 0.182. The summed E-state index contributed by atoms with van der Waals surface area (Å²) in [6, 6.07) is 76.8. The van der Waals surface area contributed by atoms with Gasteiger partial charge >= 0.3 is 0 Å². The standard InChI is InChI=1S/C65H39B2NS4/c1-65(2)58-41-16-6-5-15-40(41)44(35-46(58)42-29-31-49-63(59(42)65)71-56-23-11-21-54-60(56)66(49)47-17-7-9-19-52(47)69-54)36-25-27-39(28-26-36)68-51-34-38-14-4-3-13-37(38)33-45(51)43-30-32-50-64(62(43)68)72-57-24-12-22-55-61(57)67(50)48-18-8-10-20-53(48)70-55/h3-35H,1-2H3. The van der Waals surface area contributed by atoms with E-state index in [1.807, 2.05) is 47.0 Å². The molecule has 0 fully saturated rings. The summed E-state index contributed by atoms with van der Waals surface area (Å²) in [6.45, 7) is 5.36. The van der Waals surface area contributed by atoms with Crippen molar-refractivity contribution >= 4 is 137 Å². The Hall–Kier alpha value is -6.73. The van der Waals surface area contributed by atoms with E-state index in [2.05, 4.69) is 219 Å². The summed E-state index contributed by atoms with van der Waals surface area (Å²) in [5.74, 6) is 0. The maximum atomic E-state index is 2.58. The quantitative estimate of drug-likeness (QED) is 0.159. The van der Waals surface area contributed by atoms with E-state index in [4.69, 9.17) is 0 Å². The average molecular weight is 984 g/mol. The number of hydrogen-bond donors (Lipinski definition) is 0. The van der Waals surface area contributed by atoms with Gasteiger partial charge in [-0.1, -0.05) is 216 Å². The molecule has 0 saturated heterocycles. The van der Waals surface area contributed by atoms with E-state index in [1.165, 1.54) is 154 Å². The third-order valence-electron chi connectivity index (χ3n) is 16.6. The van der Waals surface area contributed by atoms with Gasteiger partial charge in [0, 0.05) is 61.0 Å². The molecule has 0 bridgehead atoms. The smallest absolute Gasteiger partial charge is 0.247 e. The van der Waals surface area contributed by atoms with Crippen molar-refractivity contribution in [1.82, 2.24) is 4.57 Å². The Kier molecular flexibility index (Phi) is 8.34. The zero-order valence-electron chi connectivity index (χ0n) is 39.3. The fraction of sp³-hybridized carbons (Fsp3) is 0.0462. The fourth-order valence-electron chi connectivity index (χ4n) is 13.6. The first-order valence-electron chi connectivity index (χ1n) is 25.0. The Morgan fingerprint density at radius 2 is 0.931 bits per heavy atom. The monoisotopic (exact) mass is 983 g/mol. The van der Waals surface area contributed by atoms with Crippen molar-refractivity contribution in [3.63, 3.8) is 0 Å². The van der Waals surface area contributed by atoms with Gasteiger partial charge in [0.05, 0.1) is 11.0 Å². The van der Waals surface area contributed by atoms with Crippen molar-refractivity contribution in [2.45, 2.75) is 58.4 Å². The molecule has 72 heavy (non-hydrogen) atoms. The molecule has 0 radical (unpaired) electrons. The van der Waals surface area contributed by atoms with Gasteiger partial charge in [-0.05, 0) is 133 Å². The maximum absolute atomic E-state index is 2.58. The predicted octanol–water partition coefficient (Wildman–Crippen LogP) is 14.0. The largest absolute Gasteiger partial charge is 0.308 e. The van der Waals surface area contributed by atoms with E-state index in [1.54, 1.807) is 0 Å². The highest BCUT2D eigenvalue weighted by molar-refractivity contribution is 8.02. The highest BCUT2D eigenvalue weighted by Crippen LogP contribution is 2.57. The van der Waals surface area contributed by atoms with E-state index >= 15 is 0 Å². The van der Waals surface area contributed by atoms with Crippen molar-refractivity contribution in [3.8, 4) is 27.9 Å². The first-order valence-corrected chi connectivity index (χ1v) is 28.2. The zero-order chi connectivity index (χ0) is 47.1. The Balaban J connectivity index is 0.853. The van der Waals surface area contributed by atoms with Gasteiger partial charge < -0.3 is 4.57 Å². The number of fused-ring (bicyclic) bond motifs is 19. The van der Waals surface area contributed by atoms with Crippen LogP contribution in [0.15, 0.2) is 239 Å². The van der Waals surface area contributed by atoms with Gasteiger partial charge in [-0.2, -0.15) is 0 Å². The first kappa shape index (κ1) is 40.8. The molecule has 4 aliphatic heterocycles. The number of benzene rings is 11. The molecule has 334 valence electrons. The molecule has 0 saturated carbocycles. The number of rotatable bonds is 2. The average Bonchev–Trinajstić information content (AvgIpc) is 3.87. The molecule has 1 aromatic heterocycles. The van der Waals surface area contributed by atoms with Crippen LogP contribution in [-0.2, 0) is 5.41 Å². The van der Waals surface area contributed by atoms with Crippen LogP contribution in [0.4, 0.5) is 0 Å². The molecule has 11 aromatic carbocycles. The minimum atomic E-state index is -0.207. The lowest BCUT2D eigenvalue weighted by molar-refractivity contribution is 0.653. The van der Waals surface area contributed by atoms with Gasteiger partial charge in [-0.15, -0.1) is 0 Å². The molecule has 17 rings (SSSR count). The van der Waals surface area contributed by atoms with E-state index in [-0.39, 0.29) is 18.8 Å². The van der Waals surface area contributed by atoms with Crippen molar-refractivity contribution in [1.29, 1.82) is 0 Å². The summed E-state index contributed by atoms with van der Waals surface area (Å²) in [4.78, 5) is 11.0. The minimum Gasteiger partial charge on any atom is -0.308 e. The lowest BCUT2D eigenvalue weighted by atomic mass is 9.36. The molecule has 1 nitrogen and oxygen atoms in total. The molecule has 0 spiro atoms. The van der Waals surface area contributed by atoms with Crippen LogP contribution in [0, 0.1) is 0 Å². The van der Waals surface area contributed by atoms with Gasteiger partial charge in [0.25, 0.3) is 0 Å². The molecule has 12 aromatic rings. The summed E-state index contributed by atoms with van der Waals surface area (Å²) in [7, 11) is 0. The molecule has 5 heterocycles. The molecule has 0 N–H and O–H groups in total. The number of hydrogen-bond acceptors (Lipinski definition) is 4. The Bertz CT molecular complexity index is 4460. The van der Waals surface area contributed by atoms with Crippen LogP contribution in [0.5, 0.6) is 0 Å². The third-order valence-corrected chi connectivity index (χ3v) is 21.3. The van der Waals surface area contributed by atoms with Gasteiger partial charge in [0.2, 0.25) is 13.4 Å². The Morgan fingerprint density at radius 3 is 1.62 bits per heavy atom. The van der Waals surface area contributed by atoms with E-state index in [0.717, 1.165) is 0 Å². The maximum Gasteiger partial charge on any atom is 0.247 e. The van der Waals surface area contributed by atoms with E-state index < -0.39 is 0 Å². The van der Waals surface area contributed by atoms with Crippen LogP contribution >= 0.6 is 47.0 Å². The Labute approximate surface area is 435 Å². The highest BCUT2D eigenvalue weighted by Gasteiger charge is 2.45. The lowest BCUT2D eigenvalue weighted by Gasteiger charge is -2.35. The van der Waals surface area contributed by atoms with Gasteiger partial charge in [-0.25, -0.2) is 0 Å². The zero-order valence-corrected chi connectivity index (χ0v) is 42.6. The van der Waals surface area contributed by atoms with Crippen molar-refractivity contribution in [2.24, 2.45) is 0 Å². The summed E-state index contributed by atoms with van der Waals surface area (Å²) in [6.07, 6.45) is 0. The summed E-state index contributed by atoms with van der Waals surface area (Å²) in [5, 5.41) is 7.75. The second kappa shape index (κ2) is 14.7. The molecule has 0 atom stereocenters.